The van der Waals surface area contributed by atoms with Crippen LogP contribution in [0.4, 0.5) is 4.79 Å². The summed E-state index contributed by atoms with van der Waals surface area (Å²) >= 11 is 1.54. The van der Waals surface area contributed by atoms with E-state index in [0.29, 0.717) is 11.8 Å². The van der Waals surface area contributed by atoms with Crippen LogP contribution in [0, 0.1) is 0 Å². The number of phenols is 1. The molecule has 1 heterocycles. The maximum Gasteiger partial charge on any atom is 0.511 e. The number of benzene rings is 2. The van der Waals surface area contributed by atoms with Crippen LogP contribution in [0.3, 0.4) is 0 Å². The third kappa shape index (κ3) is 2.40. The van der Waals surface area contributed by atoms with Crippen molar-refractivity contribution in [2.75, 3.05) is 0 Å². The number of carbonyl (C=O) groups is 2. The Balaban J connectivity index is 2.22. The molecular weight excluding hydrogens is 304 g/mol. The van der Waals surface area contributed by atoms with E-state index in [9.17, 15) is 14.7 Å². The largest absolute Gasteiger partial charge is 0.511 e. The maximum atomic E-state index is 11.1. The molecule has 22 heavy (non-hydrogen) atoms. The highest BCUT2D eigenvalue weighted by Crippen LogP contribution is 2.39. The minimum absolute atomic E-state index is 0.0240. The lowest BCUT2D eigenvalue weighted by Crippen LogP contribution is -2.04. The molecular formula is C16H10O5S. The van der Waals surface area contributed by atoms with Gasteiger partial charge in [0.2, 0.25) is 0 Å². The van der Waals surface area contributed by atoms with Gasteiger partial charge in [0.05, 0.1) is 5.56 Å². The van der Waals surface area contributed by atoms with Crippen molar-refractivity contribution < 1.29 is 24.5 Å². The van der Waals surface area contributed by atoms with Gasteiger partial charge in [0, 0.05) is 15.6 Å². The monoisotopic (exact) mass is 314 g/mol. The number of hydrogen-bond donors (Lipinski definition) is 2. The highest BCUT2D eigenvalue weighted by molar-refractivity contribution is 7.17. The van der Waals surface area contributed by atoms with Crippen LogP contribution in [0.25, 0.3) is 21.2 Å². The molecule has 3 aromatic rings. The lowest BCUT2D eigenvalue weighted by Gasteiger charge is -2.08. The Bertz CT molecular complexity index is 881. The number of aldehydes is 1. The van der Waals surface area contributed by atoms with Crippen LogP contribution >= 0.6 is 11.3 Å². The Hall–Kier alpha value is -2.86. The molecule has 1 aromatic heterocycles. The molecule has 0 unspecified atom stereocenters. The number of ether oxygens (including phenoxy) is 1. The first-order valence-electron chi connectivity index (χ1n) is 6.29. The zero-order valence-electron chi connectivity index (χ0n) is 11.1. The van der Waals surface area contributed by atoms with Crippen molar-refractivity contribution in [3.05, 3.63) is 47.3 Å². The van der Waals surface area contributed by atoms with Crippen molar-refractivity contribution in [1.29, 1.82) is 0 Å². The summed E-state index contributed by atoms with van der Waals surface area (Å²) in [4.78, 5) is 21.8. The summed E-state index contributed by atoms with van der Waals surface area (Å²) in [6, 6.07) is 10.6. The molecule has 0 spiro atoms. The van der Waals surface area contributed by atoms with Crippen LogP contribution in [-0.4, -0.2) is 22.7 Å². The Morgan fingerprint density at radius 3 is 2.73 bits per heavy atom. The van der Waals surface area contributed by atoms with E-state index in [4.69, 9.17) is 5.11 Å². The van der Waals surface area contributed by atoms with Crippen LogP contribution in [0.1, 0.15) is 10.4 Å². The summed E-state index contributed by atoms with van der Waals surface area (Å²) in [5.74, 6) is -0.747. The Labute approximate surface area is 129 Å². The molecule has 5 nitrogen and oxygen atoms in total. The second kappa shape index (κ2) is 5.50. The molecule has 0 aliphatic heterocycles. The number of phenolic OH excluding ortho intramolecular Hbond substituents is 1. The van der Waals surface area contributed by atoms with Crippen molar-refractivity contribution >= 4 is 33.9 Å². The molecule has 0 saturated carbocycles. The smallest absolute Gasteiger partial charge is 0.504 e. The summed E-state index contributed by atoms with van der Waals surface area (Å²) in [5.41, 5.74) is 1.43. The summed E-state index contributed by atoms with van der Waals surface area (Å²) < 4.78 is 5.62. The first-order chi connectivity index (χ1) is 10.6. The van der Waals surface area contributed by atoms with Gasteiger partial charge in [0.1, 0.15) is 0 Å². The first-order valence-corrected chi connectivity index (χ1v) is 7.17. The molecule has 0 atom stereocenters. The highest BCUT2D eigenvalue weighted by atomic mass is 32.1. The summed E-state index contributed by atoms with van der Waals surface area (Å²) in [7, 11) is 0. The van der Waals surface area contributed by atoms with Crippen molar-refractivity contribution in [2.24, 2.45) is 0 Å². The normalized spacial score (nSPS) is 10.5. The molecule has 0 aliphatic rings. The van der Waals surface area contributed by atoms with Crippen LogP contribution < -0.4 is 4.74 Å². The van der Waals surface area contributed by atoms with Crippen LogP contribution in [-0.2, 0) is 0 Å². The number of hydrogen-bond acceptors (Lipinski definition) is 5. The van der Waals surface area contributed by atoms with E-state index in [0.717, 1.165) is 15.6 Å². The van der Waals surface area contributed by atoms with Crippen molar-refractivity contribution in [3.8, 4) is 22.6 Å². The van der Waals surface area contributed by atoms with E-state index < -0.39 is 11.9 Å². The van der Waals surface area contributed by atoms with Gasteiger partial charge in [-0.15, -0.1) is 11.3 Å². The van der Waals surface area contributed by atoms with Gasteiger partial charge in [0.15, 0.2) is 17.8 Å². The fourth-order valence-corrected chi connectivity index (χ4v) is 3.22. The maximum absolute atomic E-state index is 11.1. The molecule has 2 N–H and O–H groups in total. The quantitative estimate of drug-likeness (QED) is 0.431. The van der Waals surface area contributed by atoms with E-state index in [-0.39, 0.29) is 11.3 Å². The number of aromatic hydroxyl groups is 1. The van der Waals surface area contributed by atoms with Crippen molar-refractivity contribution in [1.82, 2.24) is 0 Å². The van der Waals surface area contributed by atoms with Gasteiger partial charge in [-0.05, 0) is 29.1 Å². The van der Waals surface area contributed by atoms with E-state index in [1.54, 1.807) is 0 Å². The van der Waals surface area contributed by atoms with Gasteiger partial charge in [-0.2, -0.15) is 0 Å². The van der Waals surface area contributed by atoms with Gasteiger partial charge < -0.3 is 14.9 Å². The third-order valence-electron chi connectivity index (χ3n) is 3.22. The van der Waals surface area contributed by atoms with Gasteiger partial charge in [-0.1, -0.05) is 18.2 Å². The topological polar surface area (TPSA) is 83.8 Å². The molecule has 3 rings (SSSR count). The fraction of sp³-hybridized carbons (Fsp3) is 0. The number of carboxylic acid groups (broad SMARTS) is 1. The predicted octanol–water partition coefficient (Wildman–Crippen LogP) is 4.14. The third-order valence-corrected chi connectivity index (χ3v) is 4.18. The van der Waals surface area contributed by atoms with Crippen molar-refractivity contribution in [3.63, 3.8) is 0 Å². The number of thiophene rings is 1. The first kappa shape index (κ1) is 14.1. The molecule has 6 heteroatoms. The molecule has 0 bridgehead atoms. The number of fused-ring (bicyclic) bond motifs is 1. The molecule has 2 aromatic carbocycles. The van der Waals surface area contributed by atoms with Crippen LogP contribution in [0.15, 0.2) is 41.8 Å². The number of rotatable bonds is 3. The van der Waals surface area contributed by atoms with Gasteiger partial charge in [-0.3, -0.25) is 4.79 Å². The second-order valence-electron chi connectivity index (χ2n) is 4.54. The van der Waals surface area contributed by atoms with E-state index >= 15 is 0 Å². The lowest BCUT2D eigenvalue weighted by atomic mass is 10.0. The van der Waals surface area contributed by atoms with E-state index in [1.165, 1.54) is 23.5 Å². The molecule has 0 saturated heterocycles. The average molecular weight is 314 g/mol. The lowest BCUT2D eigenvalue weighted by molar-refractivity contribution is 0.111. The predicted molar refractivity (Wildman–Crippen MR) is 83.0 cm³/mol. The van der Waals surface area contributed by atoms with Crippen molar-refractivity contribution in [2.45, 2.75) is 0 Å². The molecule has 0 fully saturated rings. The molecule has 0 radical (unpaired) electrons. The fourth-order valence-electron chi connectivity index (χ4n) is 2.25. The van der Waals surface area contributed by atoms with Gasteiger partial charge in [0.25, 0.3) is 0 Å². The second-order valence-corrected chi connectivity index (χ2v) is 5.45. The summed E-state index contributed by atoms with van der Waals surface area (Å²) in [6.45, 7) is 0. The average Bonchev–Trinajstić information content (AvgIpc) is 2.93. The highest BCUT2D eigenvalue weighted by Gasteiger charge is 2.16. The molecule has 0 amide bonds. The van der Waals surface area contributed by atoms with Crippen LogP contribution in [0.5, 0.6) is 11.5 Å². The van der Waals surface area contributed by atoms with E-state index in [2.05, 4.69) is 4.74 Å². The Kier molecular flexibility index (Phi) is 3.52. The SMILES string of the molecule is O=Cc1cc(-c2csc3ccccc23)cc(OC(=O)O)c1O. The minimum Gasteiger partial charge on any atom is -0.504 e. The summed E-state index contributed by atoms with van der Waals surface area (Å²) in [5, 5.41) is 21.5. The zero-order chi connectivity index (χ0) is 15.7. The Morgan fingerprint density at radius 1 is 1.23 bits per heavy atom. The van der Waals surface area contributed by atoms with Gasteiger partial charge in [-0.25, -0.2) is 4.79 Å². The summed E-state index contributed by atoms with van der Waals surface area (Å²) in [6.07, 6.45) is -1.10. The van der Waals surface area contributed by atoms with E-state index in [1.807, 2.05) is 29.6 Å². The van der Waals surface area contributed by atoms with Crippen LogP contribution in [0.2, 0.25) is 0 Å². The zero-order valence-corrected chi connectivity index (χ0v) is 12.0. The molecule has 0 aliphatic carbocycles. The minimum atomic E-state index is -1.56. The van der Waals surface area contributed by atoms with Gasteiger partial charge >= 0.3 is 6.16 Å². The molecule has 110 valence electrons. The number of carbonyl (C=O) groups excluding carboxylic acids is 1. The standard InChI is InChI=1S/C16H10O5S/c17-7-10-5-9(6-13(15(10)18)21-16(19)20)12-8-22-14-4-2-1-3-11(12)14/h1-8,18H,(H,19,20). The Morgan fingerprint density at radius 2 is 2.00 bits per heavy atom.